The van der Waals surface area contributed by atoms with Gasteiger partial charge in [-0.1, -0.05) is 60.5 Å². The molecule has 0 aliphatic carbocycles. The summed E-state index contributed by atoms with van der Waals surface area (Å²) in [6.45, 7) is 4.72. The number of aromatic nitrogens is 1. The maximum atomic E-state index is 14.8. The molecular formula is C36H40Cl2N6O3. The summed E-state index contributed by atoms with van der Waals surface area (Å²) in [5, 5.41) is 5.18. The van der Waals surface area contributed by atoms with E-state index in [4.69, 9.17) is 23.2 Å². The van der Waals surface area contributed by atoms with Crippen molar-refractivity contribution >= 4 is 57.6 Å². The minimum Gasteiger partial charge on any atom is -0.361 e. The van der Waals surface area contributed by atoms with E-state index in [1.54, 1.807) is 34.1 Å². The molecule has 9 nitrogen and oxygen atoms in total. The number of halogens is 2. The van der Waals surface area contributed by atoms with Crippen LogP contribution < -0.4 is 10.2 Å². The average Bonchev–Trinajstić information content (AvgIpc) is 3.50. The Balaban J connectivity index is 1.26. The average molecular weight is 676 g/mol. The highest BCUT2D eigenvalue weighted by molar-refractivity contribution is 6.33. The predicted molar refractivity (Wildman–Crippen MR) is 188 cm³/mol. The van der Waals surface area contributed by atoms with Gasteiger partial charge in [0.1, 0.15) is 6.04 Å². The predicted octanol–water partition coefficient (Wildman–Crippen LogP) is 5.88. The van der Waals surface area contributed by atoms with Crippen molar-refractivity contribution in [3.8, 4) is 0 Å². The van der Waals surface area contributed by atoms with Gasteiger partial charge in [0.15, 0.2) is 0 Å². The Kier molecular flexibility index (Phi) is 9.77. The first kappa shape index (κ1) is 32.9. The maximum Gasteiger partial charge on any atom is 0.318 e. The zero-order valence-corrected chi connectivity index (χ0v) is 28.4. The van der Waals surface area contributed by atoms with Crippen molar-refractivity contribution in [1.82, 2.24) is 25.0 Å². The van der Waals surface area contributed by atoms with Crippen LogP contribution in [-0.2, 0) is 11.2 Å². The molecule has 11 heteroatoms. The smallest absolute Gasteiger partial charge is 0.318 e. The van der Waals surface area contributed by atoms with Gasteiger partial charge in [-0.15, -0.1) is 0 Å². The van der Waals surface area contributed by atoms with Crippen molar-refractivity contribution in [2.45, 2.75) is 25.3 Å². The van der Waals surface area contributed by atoms with E-state index in [0.29, 0.717) is 48.3 Å². The maximum absolute atomic E-state index is 14.8. The summed E-state index contributed by atoms with van der Waals surface area (Å²) in [5.41, 5.74) is 4.21. The zero-order chi connectivity index (χ0) is 33.2. The van der Waals surface area contributed by atoms with Gasteiger partial charge >= 0.3 is 6.03 Å². The van der Waals surface area contributed by atoms with Crippen LogP contribution in [0.25, 0.3) is 10.9 Å². The summed E-state index contributed by atoms with van der Waals surface area (Å²) in [7, 11) is 4.06. The molecule has 47 heavy (non-hydrogen) atoms. The lowest BCUT2D eigenvalue weighted by Crippen LogP contribution is -2.59. The van der Waals surface area contributed by atoms with Crippen molar-refractivity contribution in [1.29, 1.82) is 0 Å². The van der Waals surface area contributed by atoms with E-state index in [9.17, 15) is 14.4 Å². The molecule has 2 aliphatic rings. The fourth-order valence-corrected chi connectivity index (χ4v) is 7.33. The Bertz CT molecular complexity index is 1780. The van der Waals surface area contributed by atoms with Crippen LogP contribution >= 0.6 is 23.2 Å². The van der Waals surface area contributed by atoms with Crippen LogP contribution in [-0.4, -0.2) is 96.9 Å². The molecule has 4 amide bonds. The van der Waals surface area contributed by atoms with Crippen molar-refractivity contribution in [2.75, 3.05) is 58.3 Å². The van der Waals surface area contributed by atoms with Crippen LogP contribution in [0.5, 0.6) is 0 Å². The third kappa shape index (κ3) is 6.98. The second kappa shape index (κ2) is 14.0. The van der Waals surface area contributed by atoms with Gasteiger partial charge in [-0.3, -0.25) is 9.59 Å². The fourth-order valence-electron chi connectivity index (χ4n) is 6.92. The highest BCUT2D eigenvalue weighted by Gasteiger charge is 2.38. The number of carbonyl (C=O) groups excluding carboxylic acids is 3. The standard InChI is InChI=1S/C36H40Cl2N6O3/c1-23(29-20-39-31-11-7-5-8-27(29)31)33(35(46)44-22-24(21-41(2)3)18-25-19-26(37)12-13-32(25)44)40-36(47)43-16-14-42(15-17-43)34(45)28-9-4-6-10-30(28)38/h4-13,19-20,23-24,33,39H,14-18,21-22H2,1-3H3,(H,40,47)/t23-,24-,33-/m1/s1. The molecule has 0 radical (unpaired) electrons. The van der Waals surface area contributed by atoms with Crippen molar-refractivity contribution in [2.24, 2.45) is 5.92 Å². The van der Waals surface area contributed by atoms with Gasteiger partial charge in [0, 0.05) is 73.0 Å². The van der Waals surface area contributed by atoms with Gasteiger partial charge in [-0.25, -0.2) is 4.79 Å². The van der Waals surface area contributed by atoms with E-state index in [1.165, 1.54) is 0 Å². The van der Waals surface area contributed by atoms with Gasteiger partial charge in [0.05, 0.1) is 10.6 Å². The molecule has 0 spiro atoms. The molecule has 1 fully saturated rings. The van der Waals surface area contributed by atoms with E-state index in [2.05, 4.69) is 15.2 Å². The van der Waals surface area contributed by atoms with Gasteiger partial charge in [0.2, 0.25) is 5.91 Å². The Hall–Kier alpha value is -4.05. The number of carbonyl (C=O) groups is 3. The first-order valence-electron chi connectivity index (χ1n) is 16.0. The molecule has 2 N–H and O–H groups in total. The van der Waals surface area contributed by atoms with E-state index >= 15 is 0 Å². The van der Waals surface area contributed by atoms with Crippen LogP contribution in [0.4, 0.5) is 10.5 Å². The van der Waals surface area contributed by atoms with Gasteiger partial charge in [-0.2, -0.15) is 0 Å². The molecule has 2 aliphatic heterocycles. The molecular weight excluding hydrogens is 635 g/mol. The number of aromatic amines is 1. The van der Waals surface area contributed by atoms with E-state index in [1.807, 2.05) is 74.6 Å². The number of para-hydroxylation sites is 1. The first-order valence-corrected chi connectivity index (χ1v) is 16.8. The van der Waals surface area contributed by atoms with Crippen LogP contribution in [0.3, 0.4) is 0 Å². The Morgan fingerprint density at radius 1 is 0.957 bits per heavy atom. The largest absolute Gasteiger partial charge is 0.361 e. The SMILES string of the molecule is C[C@H](c1c[nH]c2ccccc12)[C@@H](NC(=O)N1CCN(C(=O)c2ccccc2Cl)CC1)C(=O)N1C[C@@H](CN(C)C)Cc2cc(Cl)ccc21. The quantitative estimate of drug-likeness (QED) is 0.256. The summed E-state index contributed by atoms with van der Waals surface area (Å²) in [6, 6.07) is 19.4. The number of urea groups is 1. The van der Waals surface area contributed by atoms with Crippen molar-refractivity contribution in [3.63, 3.8) is 0 Å². The Morgan fingerprint density at radius 3 is 2.40 bits per heavy atom. The second-order valence-corrected chi connectivity index (χ2v) is 13.7. The number of anilines is 1. The highest BCUT2D eigenvalue weighted by Crippen LogP contribution is 2.35. The van der Waals surface area contributed by atoms with Gasteiger partial charge in [-0.05, 0) is 74.0 Å². The number of hydrogen-bond acceptors (Lipinski definition) is 4. The summed E-state index contributed by atoms with van der Waals surface area (Å²) < 4.78 is 0. The molecule has 6 rings (SSSR count). The number of amides is 4. The summed E-state index contributed by atoms with van der Waals surface area (Å²) in [5.74, 6) is -0.484. The number of nitrogens with one attached hydrogen (secondary N) is 2. The Morgan fingerprint density at radius 2 is 1.66 bits per heavy atom. The van der Waals surface area contributed by atoms with Crippen LogP contribution in [0.15, 0.2) is 72.9 Å². The monoisotopic (exact) mass is 674 g/mol. The molecule has 1 saturated heterocycles. The number of hydrogen-bond donors (Lipinski definition) is 2. The van der Waals surface area contributed by atoms with E-state index < -0.39 is 6.04 Å². The molecule has 246 valence electrons. The minimum atomic E-state index is -0.855. The van der Waals surface area contributed by atoms with Crippen molar-refractivity contribution < 1.29 is 14.4 Å². The molecule has 3 atom stereocenters. The molecule has 3 aromatic carbocycles. The third-order valence-electron chi connectivity index (χ3n) is 9.29. The van der Waals surface area contributed by atoms with E-state index in [-0.39, 0.29) is 29.7 Å². The van der Waals surface area contributed by atoms with Crippen LogP contribution in [0.1, 0.15) is 34.3 Å². The number of piperazine rings is 1. The number of rotatable bonds is 7. The van der Waals surface area contributed by atoms with Gasteiger partial charge in [0.25, 0.3) is 5.91 Å². The number of H-pyrrole nitrogens is 1. The second-order valence-electron chi connectivity index (χ2n) is 12.8. The lowest BCUT2D eigenvalue weighted by Gasteiger charge is -2.40. The highest BCUT2D eigenvalue weighted by atomic mass is 35.5. The summed E-state index contributed by atoms with van der Waals surface area (Å²) in [6.07, 6.45) is 2.74. The number of nitrogens with zero attached hydrogens (tertiary/aromatic N) is 4. The topological polar surface area (TPSA) is 92.0 Å². The minimum absolute atomic E-state index is 0.159. The molecule has 1 aromatic heterocycles. The molecule has 0 bridgehead atoms. The third-order valence-corrected chi connectivity index (χ3v) is 9.85. The van der Waals surface area contributed by atoms with Gasteiger partial charge < -0.3 is 29.9 Å². The molecule has 3 heterocycles. The number of fused-ring (bicyclic) bond motifs is 2. The van der Waals surface area contributed by atoms with Crippen LogP contribution in [0, 0.1) is 5.92 Å². The fraction of sp³-hybridized carbons (Fsp3) is 0.361. The zero-order valence-electron chi connectivity index (χ0n) is 26.9. The van der Waals surface area contributed by atoms with E-state index in [0.717, 1.165) is 40.7 Å². The van der Waals surface area contributed by atoms with Crippen LogP contribution in [0.2, 0.25) is 10.0 Å². The lowest BCUT2D eigenvalue weighted by atomic mass is 9.88. The molecule has 4 aromatic rings. The summed E-state index contributed by atoms with van der Waals surface area (Å²) in [4.78, 5) is 52.5. The first-order chi connectivity index (χ1) is 22.6. The number of benzene rings is 3. The Labute approximate surface area is 285 Å². The normalized spacial score (nSPS) is 17.8. The van der Waals surface area contributed by atoms with Crippen molar-refractivity contribution in [3.05, 3.63) is 99.7 Å². The molecule has 0 unspecified atom stereocenters. The molecule has 0 saturated carbocycles. The summed E-state index contributed by atoms with van der Waals surface area (Å²) >= 11 is 12.7. The lowest BCUT2D eigenvalue weighted by molar-refractivity contribution is -0.121.